The molecule has 2 rings (SSSR count). The molecule has 1 aromatic rings. The number of aromatic amines is 1. The molecule has 0 spiro atoms. The fraction of sp³-hybridized carbons (Fsp3) is 0.417. The van der Waals surface area contributed by atoms with Gasteiger partial charge >= 0.3 is 5.97 Å². The van der Waals surface area contributed by atoms with E-state index >= 15 is 0 Å². The first-order valence-corrected chi connectivity index (χ1v) is 5.74. The van der Waals surface area contributed by atoms with Crippen molar-refractivity contribution in [2.45, 2.75) is 25.8 Å². The molecular formula is C12H14N2O4. The number of hydrogen-bond acceptors (Lipinski definition) is 3. The van der Waals surface area contributed by atoms with E-state index in [0.717, 1.165) is 0 Å². The monoisotopic (exact) mass is 250 g/mol. The Hall–Kier alpha value is -2.11. The van der Waals surface area contributed by atoms with Gasteiger partial charge in [-0.3, -0.25) is 9.59 Å². The van der Waals surface area contributed by atoms with Gasteiger partial charge in [0.15, 0.2) is 5.43 Å². The smallest absolute Gasteiger partial charge is 0.326 e. The van der Waals surface area contributed by atoms with Gasteiger partial charge in [-0.05, 0) is 19.8 Å². The van der Waals surface area contributed by atoms with E-state index in [9.17, 15) is 14.4 Å². The Morgan fingerprint density at radius 2 is 2.22 bits per heavy atom. The number of likely N-dealkylation sites (tertiary alicyclic amines) is 1. The average molecular weight is 250 g/mol. The molecule has 0 saturated carbocycles. The maximum Gasteiger partial charge on any atom is 0.326 e. The minimum Gasteiger partial charge on any atom is -0.480 e. The topological polar surface area (TPSA) is 90.5 Å². The van der Waals surface area contributed by atoms with Crippen molar-refractivity contribution in [1.29, 1.82) is 0 Å². The van der Waals surface area contributed by atoms with Gasteiger partial charge in [-0.25, -0.2) is 4.79 Å². The van der Waals surface area contributed by atoms with Crippen LogP contribution in [0.2, 0.25) is 0 Å². The predicted molar refractivity (Wildman–Crippen MR) is 63.5 cm³/mol. The number of carbonyl (C=O) groups excluding carboxylic acids is 1. The Labute approximate surface area is 103 Å². The van der Waals surface area contributed by atoms with Crippen LogP contribution >= 0.6 is 0 Å². The van der Waals surface area contributed by atoms with Crippen LogP contribution in [-0.4, -0.2) is 39.5 Å². The van der Waals surface area contributed by atoms with Crippen molar-refractivity contribution >= 4 is 11.9 Å². The van der Waals surface area contributed by atoms with Gasteiger partial charge < -0.3 is 15.0 Å². The van der Waals surface area contributed by atoms with Crippen LogP contribution in [0.1, 0.15) is 28.9 Å². The SMILES string of the molecule is Cc1cc(=O)c(C(=O)N2CCCC2C(=O)O)c[nH]1. The molecule has 1 aliphatic heterocycles. The molecule has 18 heavy (non-hydrogen) atoms. The lowest BCUT2D eigenvalue weighted by molar-refractivity contribution is -0.141. The van der Waals surface area contributed by atoms with Crippen molar-refractivity contribution < 1.29 is 14.7 Å². The van der Waals surface area contributed by atoms with Gasteiger partial charge in [-0.1, -0.05) is 0 Å². The summed E-state index contributed by atoms with van der Waals surface area (Å²) in [5.41, 5.74) is 0.272. The molecule has 0 radical (unpaired) electrons. The highest BCUT2D eigenvalue weighted by Gasteiger charge is 2.35. The minimum atomic E-state index is -1.02. The second-order valence-corrected chi connectivity index (χ2v) is 4.39. The van der Waals surface area contributed by atoms with Crippen LogP contribution in [-0.2, 0) is 4.79 Å². The molecule has 1 saturated heterocycles. The Kier molecular flexibility index (Phi) is 3.18. The van der Waals surface area contributed by atoms with E-state index in [1.807, 2.05) is 0 Å². The predicted octanol–water partition coefficient (Wildman–Crippen LogP) is 0.373. The first-order chi connectivity index (χ1) is 8.50. The molecule has 6 nitrogen and oxygen atoms in total. The zero-order chi connectivity index (χ0) is 13.3. The summed E-state index contributed by atoms with van der Waals surface area (Å²) in [4.78, 5) is 38.9. The number of rotatable bonds is 2. The van der Waals surface area contributed by atoms with Crippen molar-refractivity contribution in [2.75, 3.05) is 6.54 Å². The summed E-state index contributed by atoms with van der Waals surface area (Å²) in [6, 6.07) is 0.511. The fourth-order valence-electron chi connectivity index (χ4n) is 2.16. The lowest BCUT2D eigenvalue weighted by Crippen LogP contribution is -2.42. The van der Waals surface area contributed by atoms with Gasteiger partial charge in [0.25, 0.3) is 5.91 Å². The van der Waals surface area contributed by atoms with E-state index in [1.54, 1.807) is 6.92 Å². The van der Waals surface area contributed by atoms with Gasteiger partial charge in [0.1, 0.15) is 11.6 Å². The number of carboxylic acids is 1. The van der Waals surface area contributed by atoms with Gasteiger partial charge in [0.2, 0.25) is 0 Å². The van der Waals surface area contributed by atoms with Crippen LogP contribution in [0.15, 0.2) is 17.1 Å². The van der Waals surface area contributed by atoms with Crippen LogP contribution in [0.5, 0.6) is 0 Å². The van der Waals surface area contributed by atoms with Crippen LogP contribution in [0.3, 0.4) is 0 Å². The van der Waals surface area contributed by atoms with Crippen molar-refractivity contribution in [3.63, 3.8) is 0 Å². The molecule has 1 amide bonds. The largest absolute Gasteiger partial charge is 0.480 e. The molecule has 2 heterocycles. The van der Waals surface area contributed by atoms with E-state index in [4.69, 9.17) is 5.11 Å². The number of carbonyl (C=O) groups is 2. The highest BCUT2D eigenvalue weighted by molar-refractivity contribution is 5.96. The lowest BCUT2D eigenvalue weighted by Gasteiger charge is -2.20. The molecule has 1 aliphatic rings. The van der Waals surface area contributed by atoms with Gasteiger partial charge in [-0.15, -0.1) is 0 Å². The second-order valence-electron chi connectivity index (χ2n) is 4.39. The molecule has 1 atom stereocenters. The third-order valence-electron chi connectivity index (χ3n) is 3.09. The van der Waals surface area contributed by atoms with Gasteiger partial charge in [0.05, 0.1) is 0 Å². The number of carboxylic acid groups (broad SMARTS) is 1. The number of amides is 1. The summed E-state index contributed by atoms with van der Waals surface area (Å²) in [7, 11) is 0. The lowest BCUT2D eigenvalue weighted by atomic mass is 10.2. The quantitative estimate of drug-likeness (QED) is 0.793. The van der Waals surface area contributed by atoms with Crippen molar-refractivity contribution in [3.8, 4) is 0 Å². The van der Waals surface area contributed by atoms with Crippen LogP contribution in [0, 0.1) is 6.92 Å². The number of aliphatic carboxylic acids is 1. The molecule has 0 aromatic carbocycles. The highest BCUT2D eigenvalue weighted by Crippen LogP contribution is 2.19. The van der Waals surface area contributed by atoms with Crippen LogP contribution in [0.25, 0.3) is 0 Å². The van der Waals surface area contributed by atoms with E-state index in [-0.39, 0.29) is 11.0 Å². The summed E-state index contributed by atoms with van der Waals surface area (Å²) in [6.45, 7) is 2.09. The standard InChI is InChI=1S/C12H14N2O4/c1-7-5-10(15)8(6-13-7)11(16)14-4-2-3-9(14)12(17)18/h5-6,9H,2-4H2,1H3,(H,13,15)(H,17,18). The molecule has 6 heteroatoms. The Balaban J connectivity index is 2.31. The summed E-state index contributed by atoms with van der Waals surface area (Å²) in [5.74, 6) is -1.54. The minimum absolute atomic E-state index is 0.00579. The average Bonchev–Trinajstić information content (AvgIpc) is 2.77. The highest BCUT2D eigenvalue weighted by atomic mass is 16.4. The molecule has 0 bridgehead atoms. The molecule has 1 unspecified atom stereocenters. The normalized spacial score (nSPS) is 18.9. The number of pyridine rings is 1. The summed E-state index contributed by atoms with van der Waals surface area (Å²) < 4.78 is 0. The third kappa shape index (κ3) is 2.13. The number of nitrogens with zero attached hydrogens (tertiary/aromatic N) is 1. The van der Waals surface area contributed by atoms with Crippen molar-refractivity contribution in [2.24, 2.45) is 0 Å². The zero-order valence-corrected chi connectivity index (χ0v) is 9.97. The maximum atomic E-state index is 12.1. The number of hydrogen-bond donors (Lipinski definition) is 2. The van der Waals surface area contributed by atoms with E-state index in [2.05, 4.69) is 4.98 Å². The Morgan fingerprint density at radius 1 is 1.50 bits per heavy atom. The number of nitrogens with one attached hydrogen (secondary N) is 1. The maximum absolute atomic E-state index is 12.1. The van der Waals surface area contributed by atoms with E-state index in [1.165, 1.54) is 17.2 Å². The summed E-state index contributed by atoms with van der Waals surface area (Å²) in [6.07, 6.45) is 2.43. The van der Waals surface area contributed by atoms with Crippen LogP contribution in [0.4, 0.5) is 0 Å². The molecule has 2 N–H and O–H groups in total. The molecular weight excluding hydrogens is 236 g/mol. The van der Waals surface area contributed by atoms with Crippen LogP contribution < -0.4 is 5.43 Å². The molecule has 1 fully saturated rings. The number of aryl methyl sites for hydroxylation is 1. The molecule has 1 aromatic heterocycles. The first-order valence-electron chi connectivity index (χ1n) is 5.74. The summed E-state index contributed by atoms with van der Waals surface area (Å²) >= 11 is 0. The Morgan fingerprint density at radius 3 is 2.83 bits per heavy atom. The van der Waals surface area contributed by atoms with E-state index in [0.29, 0.717) is 25.1 Å². The molecule has 96 valence electrons. The van der Waals surface area contributed by atoms with E-state index < -0.39 is 17.9 Å². The van der Waals surface area contributed by atoms with Gasteiger partial charge in [-0.2, -0.15) is 0 Å². The second kappa shape index (κ2) is 4.64. The fourth-order valence-corrected chi connectivity index (χ4v) is 2.16. The van der Waals surface area contributed by atoms with Crippen molar-refractivity contribution in [1.82, 2.24) is 9.88 Å². The third-order valence-corrected chi connectivity index (χ3v) is 3.09. The number of aromatic nitrogens is 1. The Bertz CT molecular complexity index is 549. The molecule has 0 aliphatic carbocycles. The van der Waals surface area contributed by atoms with Crippen molar-refractivity contribution in [3.05, 3.63) is 33.7 Å². The zero-order valence-electron chi connectivity index (χ0n) is 9.97. The summed E-state index contributed by atoms with van der Waals surface area (Å²) in [5, 5.41) is 9.01. The van der Waals surface area contributed by atoms with Gasteiger partial charge in [0, 0.05) is 24.5 Å². The first kappa shape index (κ1) is 12.3. The number of H-pyrrole nitrogens is 1.